The Bertz CT molecular complexity index is 1000. The number of benzene rings is 1. The lowest BCUT2D eigenvalue weighted by molar-refractivity contribution is -0.658. The van der Waals surface area contributed by atoms with Crippen molar-refractivity contribution in [1.82, 2.24) is 4.90 Å². The summed E-state index contributed by atoms with van der Waals surface area (Å²) < 4.78 is 1.85. The maximum Gasteiger partial charge on any atom is 0.326 e. The van der Waals surface area contributed by atoms with Crippen molar-refractivity contribution in [1.29, 1.82) is 0 Å². The summed E-state index contributed by atoms with van der Waals surface area (Å²) in [4.78, 5) is 24.5. The standard InChI is InChI=1S/C20H21ClN5OS.C2H6/c1-5-26-19(27)17(18-24(3)14-8-6-7-9-15(14)25(18)4)28-20(26)22-16-11-10-13(21)12-23(16)2;1-2/h6-12H,5H2,1-4H3;1-2H3/q+1;. The summed E-state index contributed by atoms with van der Waals surface area (Å²) in [6.45, 7) is 6.51. The van der Waals surface area contributed by atoms with Gasteiger partial charge < -0.3 is 9.80 Å². The molecule has 6 nitrogen and oxygen atoms in total. The summed E-state index contributed by atoms with van der Waals surface area (Å²) in [5, 5.41) is 1.31. The second-order valence-corrected chi connectivity index (χ2v) is 8.04. The predicted molar refractivity (Wildman–Crippen MR) is 126 cm³/mol. The first-order chi connectivity index (χ1) is 14.4. The number of aliphatic imine (C=N–C) groups is 1. The average Bonchev–Trinajstić information content (AvgIpc) is 3.19. The number of carbonyl (C=O) groups is 1. The van der Waals surface area contributed by atoms with Crippen LogP contribution in [0, 0.1) is 0 Å². The highest BCUT2D eigenvalue weighted by Gasteiger charge is 2.42. The Morgan fingerprint density at radius 1 is 1.07 bits per heavy atom. The molecule has 2 aliphatic heterocycles. The third kappa shape index (κ3) is 3.79. The zero-order chi connectivity index (χ0) is 22.0. The topological polar surface area (TPSA) is 43.0 Å². The van der Waals surface area contributed by atoms with Crippen molar-refractivity contribution < 1.29 is 9.36 Å². The molecule has 2 aromatic rings. The van der Waals surface area contributed by atoms with Gasteiger partial charge in [-0.25, -0.2) is 4.57 Å². The van der Waals surface area contributed by atoms with Crippen LogP contribution in [0.4, 0.5) is 17.2 Å². The number of hydrogen-bond donors (Lipinski definition) is 0. The third-order valence-electron chi connectivity index (χ3n) is 4.90. The monoisotopic (exact) mass is 444 g/mol. The molecule has 0 saturated carbocycles. The van der Waals surface area contributed by atoms with Gasteiger partial charge in [-0.05, 0) is 41.9 Å². The number of aryl methyl sites for hydroxylation is 1. The van der Waals surface area contributed by atoms with Crippen LogP contribution in [0.1, 0.15) is 20.8 Å². The molecule has 8 heteroatoms. The van der Waals surface area contributed by atoms with Crippen LogP contribution in [0.2, 0.25) is 5.02 Å². The van der Waals surface area contributed by atoms with Crippen molar-refractivity contribution in [3.05, 3.63) is 58.3 Å². The second-order valence-electron chi connectivity index (χ2n) is 6.62. The molecular weight excluding hydrogens is 418 g/mol. The molecule has 0 atom stereocenters. The minimum atomic E-state index is -0.0237. The Hall–Kier alpha value is -2.51. The number of halogens is 1. The zero-order valence-electron chi connectivity index (χ0n) is 18.2. The molecule has 1 amide bonds. The highest BCUT2D eigenvalue weighted by Crippen LogP contribution is 2.44. The summed E-state index contributed by atoms with van der Waals surface area (Å²) in [7, 11) is 5.86. The number of likely N-dealkylation sites (N-methyl/N-ethyl adjacent to an activating group) is 1. The Kier molecular flexibility index (Phi) is 6.73. The van der Waals surface area contributed by atoms with E-state index in [0.29, 0.717) is 21.6 Å². The van der Waals surface area contributed by atoms with Crippen LogP contribution in [0.25, 0.3) is 0 Å². The molecule has 0 radical (unpaired) electrons. The molecular formula is C22H27ClN5OS+. The van der Waals surface area contributed by atoms with Gasteiger partial charge in [0.05, 0.1) is 23.4 Å². The Morgan fingerprint density at radius 2 is 1.67 bits per heavy atom. The van der Waals surface area contributed by atoms with Crippen LogP contribution >= 0.6 is 23.4 Å². The summed E-state index contributed by atoms with van der Waals surface area (Å²) >= 11 is 7.45. The first kappa shape index (κ1) is 22.2. The van der Waals surface area contributed by atoms with Crippen molar-refractivity contribution in [2.45, 2.75) is 20.8 Å². The van der Waals surface area contributed by atoms with Gasteiger partial charge in [0.15, 0.2) is 0 Å². The van der Waals surface area contributed by atoms with Gasteiger partial charge in [0.25, 0.3) is 11.1 Å². The van der Waals surface area contributed by atoms with E-state index in [2.05, 4.69) is 21.9 Å². The van der Waals surface area contributed by atoms with Gasteiger partial charge >= 0.3 is 5.82 Å². The van der Waals surface area contributed by atoms with E-state index in [1.54, 1.807) is 17.2 Å². The third-order valence-corrected chi connectivity index (χ3v) is 6.18. The van der Waals surface area contributed by atoms with Crippen molar-refractivity contribution in [2.24, 2.45) is 12.0 Å². The number of hydrogen-bond acceptors (Lipinski definition) is 5. The second kappa shape index (κ2) is 9.10. The van der Waals surface area contributed by atoms with Crippen LogP contribution in [-0.2, 0) is 11.8 Å². The van der Waals surface area contributed by atoms with Gasteiger partial charge in [-0.1, -0.05) is 37.6 Å². The number of pyridine rings is 1. The van der Waals surface area contributed by atoms with Gasteiger partial charge in [0.2, 0.25) is 0 Å². The number of amides is 1. The van der Waals surface area contributed by atoms with Gasteiger partial charge in [-0.3, -0.25) is 9.69 Å². The summed E-state index contributed by atoms with van der Waals surface area (Å²) in [6.07, 6.45) is 1.80. The van der Waals surface area contributed by atoms with Crippen LogP contribution in [-0.4, -0.2) is 36.6 Å². The van der Waals surface area contributed by atoms with Crippen molar-refractivity contribution in [2.75, 3.05) is 30.4 Å². The largest absolute Gasteiger partial charge is 0.328 e. The van der Waals surface area contributed by atoms with Crippen LogP contribution in [0.5, 0.6) is 0 Å². The van der Waals surface area contributed by atoms with E-state index in [0.717, 1.165) is 23.0 Å². The fraction of sp³-hybridized carbons (Fsp3) is 0.318. The van der Waals surface area contributed by atoms with Crippen LogP contribution in [0.15, 0.2) is 58.3 Å². The molecule has 30 heavy (non-hydrogen) atoms. The van der Waals surface area contributed by atoms with Crippen LogP contribution in [0.3, 0.4) is 0 Å². The van der Waals surface area contributed by atoms with E-state index in [1.165, 1.54) is 11.8 Å². The number of para-hydroxylation sites is 2. The van der Waals surface area contributed by atoms with E-state index < -0.39 is 0 Å². The highest BCUT2D eigenvalue weighted by atomic mass is 35.5. The molecule has 1 aromatic heterocycles. The minimum Gasteiger partial charge on any atom is -0.328 e. The van der Waals surface area contributed by atoms with Gasteiger partial charge in [0.1, 0.15) is 16.9 Å². The first-order valence-electron chi connectivity index (χ1n) is 9.96. The molecule has 4 rings (SSSR count). The predicted octanol–water partition coefficient (Wildman–Crippen LogP) is 4.53. The fourth-order valence-electron chi connectivity index (χ4n) is 3.47. The number of amidine groups is 1. The number of fused-ring (bicyclic) bond motifs is 1. The molecule has 0 N–H and O–H groups in total. The summed E-state index contributed by atoms with van der Waals surface area (Å²) in [6, 6.07) is 11.8. The van der Waals surface area contributed by atoms with E-state index in [4.69, 9.17) is 16.6 Å². The molecule has 158 valence electrons. The SMILES string of the molecule is CC.CCN1C(=O)C(=C2N(C)c3ccccc3N2C)SC1=Nc1ccc(Cl)c[n+]1C. The lowest BCUT2D eigenvalue weighted by Crippen LogP contribution is -2.32. The Balaban J connectivity index is 0.00000124. The number of nitrogens with zero attached hydrogens (tertiary/aromatic N) is 5. The summed E-state index contributed by atoms with van der Waals surface area (Å²) in [5.74, 6) is 1.59. The highest BCUT2D eigenvalue weighted by molar-refractivity contribution is 8.18. The maximum atomic E-state index is 13.2. The maximum absolute atomic E-state index is 13.2. The number of aromatic nitrogens is 1. The normalized spacial score (nSPS) is 17.0. The smallest absolute Gasteiger partial charge is 0.326 e. The molecule has 0 spiro atoms. The van der Waals surface area contributed by atoms with E-state index in [-0.39, 0.29) is 5.91 Å². The molecule has 1 saturated heterocycles. The molecule has 0 aliphatic carbocycles. The quantitative estimate of drug-likeness (QED) is 0.504. The van der Waals surface area contributed by atoms with E-state index >= 15 is 0 Å². The van der Waals surface area contributed by atoms with Crippen molar-refractivity contribution >= 4 is 51.6 Å². The molecule has 2 aliphatic rings. The molecule has 0 bridgehead atoms. The van der Waals surface area contributed by atoms with Gasteiger partial charge in [-0.2, -0.15) is 0 Å². The molecule has 1 fully saturated rings. The Labute approximate surface area is 187 Å². The summed E-state index contributed by atoms with van der Waals surface area (Å²) in [5.41, 5.74) is 2.16. The van der Waals surface area contributed by atoms with Crippen molar-refractivity contribution in [3.63, 3.8) is 0 Å². The number of anilines is 2. The lowest BCUT2D eigenvalue weighted by Gasteiger charge is -2.19. The molecule has 3 heterocycles. The van der Waals surface area contributed by atoms with E-state index in [1.807, 2.05) is 64.7 Å². The number of thioether (sulfide) groups is 1. The molecule has 1 aromatic carbocycles. The first-order valence-corrected chi connectivity index (χ1v) is 11.2. The van der Waals surface area contributed by atoms with Crippen LogP contribution < -0.4 is 14.4 Å². The van der Waals surface area contributed by atoms with E-state index in [9.17, 15) is 4.79 Å². The molecule has 0 unspecified atom stereocenters. The number of carbonyl (C=O) groups excluding carboxylic acids is 1. The minimum absolute atomic E-state index is 0.0237. The zero-order valence-corrected chi connectivity index (χ0v) is 19.8. The fourth-order valence-corrected chi connectivity index (χ4v) is 4.89. The van der Waals surface area contributed by atoms with Gasteiger partial charge in [0, 0.05) is 26.7 Å². The average molecular weight is 445 g/mol. The lowest BCUT2D eigenvalue weighted by atomic mass is 10.3. The van der Waals surface area contributed by atoms with Crippen molar-refractivity contribution in [3.8, 4) is 0 Å². The Morgan fingerprint density at radius 3 is 2.20 bits per heavy atom. The van der Waals surface area contributed by atoms with Gasteiger partial charge in [-0.15, -0.1) is 0 Å². The number of rotatable bonds is 2.